The molecule has 1 fully saturated rings. The van der Waals surface area contributed by atoms with Crippen LogP contribution in [0.2, 0.25) is 0 Å². The Labute approximate surface area is 145 Å². The van der Waals surface area contributed by atoms with Gasteiger partial charge in [-0.3, -0.25) is 4.79 Å². The predicted molar refractivity (Wildman–Crippen MR) is 94.6 cm³/mol. The average molecular weight is 331 g/mol. The van der Waals surface area contributed by atoms with Gasteiger partial charge in [0, 0.05) is 19.2 Å². The molecule has 2 aliphatic rings. The maximum absolute atomic E-state index is 12.9. The van der Waals surface area contributed by atoms with Crippen LogP contribution in [0, 0.1) is 5.92 Å². The van der Waals surface area contributed by atoms with Gasteiger partial charge in [-0.15, -0.1) is 0 Å². The molecule has 0 aromatic heterocycles. The summed E-state index contributed by atoms with van der Waals surface area (Å²) in [5.41, 5.74) is 1.10. The van der Waals surface area contributed by atoms with Crippen molar-refractivity contribution < 1.29 is 14.3 Å². The standard InChI is InChI=1S/C20H29NO3/c1-21(17-8-6-4-3-5-7-9-17)20(22)16-12-15-10-11-18(23-2)13-19(15)24-14-16/h10-11,13,16-17H,3-9,12,14H2,1-2H3. The normalized spacial score (nSPS) is 21.8. The number of ether oxygens (including phenoxy) is 2. The van der Waals surface area contributed by atoms with E-state index in [4.69, 9.17) is 9.47 Å². The van der Waals surface area contributed by atoms with Crippen LogP contribution in [0.3, 0.4) is 0 Å². The van der Waals surface area contributed by atoms with E-state index in [1.165, 1.54) is 32.1 Å². The number of methoxy groups -OCH3 is 1. The van der Waals surface area contributed by atoms with E-state index in [9.17, 15) is 4.79 Å². The van der Waals surface area contributed by atoms with Crippen LogP contribution in [0.5, 0.6) is 11.5 Å². The summed E-state index contributed by atoms with van der Waals surface area (Å²) in [4.78, 5) is 15.0. The highest BCUT2D eigenvalue weighted by Crippen LogP contribution is 2.32. The predicted octanol–water partition coefficient (Wildman–Crippen LogP) is 3.82. The van der Waals surface area contributed by atoms with Crippen molar-refractivity contribution in [2.24, 2.45) is 5.92 Å². The van der Waals surface area contributed by atoms with E-state index in [0.29, 0.717) is 12.6 Å². The highest BCUT2D eigenvalue weighted by molar-refractivity contribution is 5.80. The van der Waals surface area contributed by atoms with Crippen LogP contribution in [0.4, 0.5) is 0 Å². The van der Waals surface area contributed by atoms with E-state index >= 15 is 0 Å². The van der Waals surface area contributed by atoms with Crippen LogP contribution in [0.25, 0.3) is 0 Å². The summed E-state index contributed by atoms with van der Waals surface area (Å²) < 4.78 is 11.1. The second kappa shape index (κ2) is 7.91. The lowest BCUT2D eigenvalue weighted by Gasteiger charge is -2.34. The molecule has 1 aromatic rings. The number of benzene rings is 1. The van der Waals surface area contributed by atoms with E-state index in [0.717, 1.165) is 36.3 Å². The van der Waals surface area contributed by atoms with Gasteiger partial charge in [0.25, 0.3) is 0 Å². The number of nitrogens with zero attached hydrogens (tertiary/aromatic N) is 1. The summed E-state index contributed by atoms with van der Waals surface area (Å²) >= 11 is 0. The molecule has 1 saturated carbocycles. The minimum absolute atomic E-state index is 0.0682. The molecule has 1 atom stereocenters. The Bertz CT molecular complexity index is 564. The second-order valence-corrected chi connectivity index (χ2v) is 7.13. The highest BCUT2D eigenvalue weighted by Gasteiger charge is 2.31. The lowest BCUT2D eigenvalue weighted by Crippen LogP contribution is -2.44. The topological polar surface area (TPSA) is 38.8 Å². The largest absolute Gasteiger partial charge is 0.497 e. The molecule has 1 aliphatic heterocycles. The molecule has 4 heteroatoms. The molecule has 0 spiro atoms. The second-order valence-electron chi connectivity index (χ2n) is 7.13. The van der Waals surface area contributed by atoms with Crippen LogP contribution in [0.1, 0.15) is 50.5 Å². The van der Waals surface area contributed by atoms with Crippen LogP contribution < -0.4 is 9.47 Å². The monoisotopic (exact) mass is 331 g/mol. The average Bonchev–Trinajstić information content (AvgIpc) is 2.59. The Morgan fingerprint density at radius 1 is 1.17 bits per heavy atom. The zero-order valence-corrected chi connectivity index (χ0v) is 14.9. The summed E-state index contributed by atoms with van der Waals surface area (Å²) in [6.45, 7) is 0.468. The van der Waals surface area contributed by atoms with Crippen LogP contribution in [0.15, 0.2) is 18.2 Å². The van der Waals surface area contributed by atoms with Gasteiger partial charge >= 0.3 is 0 Å². The Hall–Kier alpha value is -1.71. The molecule has 1 unspecified atom stereocenters. The number of fused-ring (bicyclic) bond motifs is 1. The first-order valence-corrected chi connectivity index (χ1v) is 9.25. The molecule has 132 valence electrons. The minimum atomic E-state index is -0.0682. The number of carbonyl (C=O) groups is 1. The first-order chi connectivity index (χ1) is 11.7. The third-order valence-corrected chi connectivity index (χ3v) is 5.50. The van der Waals surface area contributed by atoms with Gasteiger partial charge in [0.15, 0.2) is 0 Å². The van der Waals surface area contributed by atoms with E-state index in [-0.39, 0.29) is 11.8 Å². The summed E-state index contributed by atoms with van der Waals surface area (Å²) in [6.07, 6.45) is 9.49. The number of carbonyl (C=O) groups excluding carboxylic acids is 1. The molecule has 24 heavy (non-hydrogen) atoms. The number of amides is 1. The third kappa shape index (κ3) is 3.85. The molecule has 1 heterocycles. The molecule has 0 radical (unpaired) electrons. The Morgan fingerprint density at radius 3 is 2.58 bits per heavy atom. The van der Waals surface area contributed by atoms with Crippen molar-refractivity contribution in [2.75, 3.05) is 20.8 Å². The third-order valence-electron chi connectivity index (χ3n) is 5.50. The SMILES string of the molecule is COc1ccc2c(c1)OCC(C(=O)N(C)C1CCCCCCC1)C2. The van der Waals surface area contributed by atoms with E-state index < -0.39 is 0 Å². The van der Waals surface area contributed by atoms with Crippen molar-refractivity contribution in [1.29, 1.82) is 0 Å². The summed E-state index contributed by atoms with van der Waals surface area (Å²) in [5, 5.41) is 0. The van der Waals surface area contributed by atoms with Gasteiger partial charge in [0.05, 0.1) is 13.0 Å². The first-order valence-electron chi connectivity index (χ1n) is 9.25. The summed E-state index contributed by atoms with van der Waals surface area (Å²) in [7, 11) is 3.64. The fraction of sp³-hybridized carbons (Fsp3) is 0.650. The minimum Gasteiger partial charge on any atom is -0.497 e. The molecule has 0 bridgehead atoms. The number of hydrogen-bond acceptors (Lipinski definition) is 3. The Kier molecular flexibility index (Phi) is 5.64. The van der Waals surface area contributed by atoms with E-state index in [1.807, 2.05) is 30.1 Å². The van der Waals surface area contributed by atoms with Gasteiger partial charge in [0.2, 0.25) is 5.91 Å². The van der Waals surface area contributed by atoms with Crippen LogP contribution in [-0.4, -0.2) is 37.6 Å². The maximum Gasteiger partial charge on any atom is 0.229 e. The highest BCUT2D eigenvalue weighted by atomic mass is 16.5. The van der Waals surface area contributed by atoms with Crippen LogP contribution >= 0.6 is 0 Å². The molecule has 0 saturated heterocycles. The molecule has 1 amide bonds. The molecule has 1 aliphatic carbocycles. The number of hydrogen-bond donors (Lipinski definition) is 0. The summed E-state index contributed by atoms with van der Waals surface area (Å²) in [5.74, 6) is 1.82. The fourth-order valence-corrected chi connectivity index (χ4v) is 3.93. The number of rotatable bonds is 3. The van der Waals surface area contributed by atoms with Gasteiger partial charge in [-0.2, -0.15) is 0 Å². The molecular formula is C20H29NO3. The zero-order valence-electron chi connectivity index (χ0n) is 14.9. The van der Waals surface area contributed by atoms with Gasteiger partial charge in [0.1, 0.15) is 18.1 Å². The lowest BCUT2D eigenvalue weighted by molar-refractivity contribution is -0.138. The van der Waals surface area contributed by atoms with Crippen molar-refractivity contribution >= 4 is 5.91 Å². The molecule has 4 nitrogen and oxygen atoms in total. The molecular weight excluding hydrogens is 302 g/mol. The lowest BCUT2D eigenvalue weighted by atomic mass is 9.92. The van der Waals surface area contributed by atoms with Crippen molar-refractivity contribution in [1.82, 2.24) is 4.90 Å². The molecule has 0 N–H and O–H groups in total. The van der Waals surface area contributed by atoms with Crippen molar-refractivity contribution in [3.8, 4) is 11.5 Å². The van der Waals surface area contributed by atoms with Crippen molar-refractivity contribution in [3.63, 3.8) is 0 Å². The van der Waals surface area contributed by atoms with Crippen LogP contribution in [-0.2, 0) is 11.2 Å². The van der Waals surface area contributed by atoms with E-state index in [1.54, 1.807) is 7.11 Å². The van der Waals surface area contributed by atoms with Gasteiger partial charge in [-0.25, -0.2) is 0 Å². The zero-order chi connectivity index (χ0) is 16.9. The van der Waals surface area contributed by atoms with Gasteiger partial charge in [-0.1, -0.05) is 38.2 Å². The van der Waals surface area contributed by atoms with Crippen molar-refractivity contribution in [2.45, 2.75) is 57.4 Å². The smallest absolute Gasteiger partial charge is 0.229 e. The van der Waals surface area contributed by atoms with Crippen molar-refractivity contribution in [3.05, 3.63) is 23.8 Å². The molecule has 1 aromatic carbocycles. The fourth-order valence-electron chi connectivity index (χ4n) is 3.93. The van der Waals surface area contributed by atoms with Gasteiger partial charge in [-0.05, 0) is 30.9 Å². The Balaban J connectivity index is 1.64. The quantitative estimate of drug-likeness (QED) is 0.845. The van der Waals surface area contributed by atoms with Gasteiger partial charge < -0.3 is 14.4 Å². The maximum atomic E-state index is 12.9. The van der Waals surface area contributed by atoms with E-state index in [2.05, 4.69) is 0 Å². The molecule has 3 rings (SSSR count). The summed E-state index contributed by atoms with van der Waals surface area (Å²) in [6, 6.07) is 6.26. The Morgan fingerprint density at radius 2 is 1.88 bits per heavy atom. The first kappa shape index (κ1) is 17.1.